The number of hydrogen-bond acceptors (Lipinski definition) is 1. The Bertz CT molecular complexity index is 98.2. The quantitative estimate of drug-likeness (QED) is 0.420. The molecule has 0 radical (unpaired) electrons. The average Bonchev–Trinajstić information content (AvgIpc) is 2.40. The molecule has 0 spiro atoms. The van der Waals surface area contributed by atoms with Crippen LogP contribution in [0.15, 0.2) is 0 Å². The van der Waals surface area contributed by atoms with E-state index in [0.717, 1.165) is 6.42 Å². The molecular weight excluding hydrogens is 220 g/mol. The second-order valence-electron chi connectivity index (χ2n) is 5.26. The molecule has 0 aliphatic carbocycles. The Labute approximate surface area is 116 Å². The summed E-state index contributed by atoms with van der Waals surface area (Å²) in [5.74, 6) is 0. The van der Waals surface area contributed by atoms with Crippen molar-refractivity contribution in [2.75, 3.05) is 6.61 Å². The van der Waals surface area contributed by atoms with E-state index in [2.05, 4.69) is 20.8 Å². The second-order valence-corrected chi connectivity index (χ2v) is 5.26. The largest absolute Gasteiger partial charge is 0.396 e. The minimum Gasteiger partial charge on any atom is -0.396 e. The monoisotopic (exact) mass is 258 g/mol. The van der Waals surface area contributed by atoms with Gasteiger partial charge in [-0.1, -0.05) is 97.8 Å². The highest BCUT2D eigenvalue weighted by molar-refractivity contribution is 4.43. The fourth-order valence-corrected chi connectivity index (χ4v) is 1.92. The first kappa shape index (κ1) is 20.3. The highest BCUT2D eigenvalue weighted by Gasteiger charge is 1.87. The third-order valence-electron chi connectivity index (χ3n) is 3.22. The zero-order valence-electron chi connectivity index (χ0n) is 13.3. The number of hydrogen-bond donors (Lipinski definition) is 1. The molecular formula is C17H38O. The molecule has 0 bridgehead atoms. The molecule has 1 heteroatoms. The lowest BCUT2D eigenvalue weighted by molar-refractivity contribution is 0.282. The van der Waals surface area contributed by atoms with Crippen LogP contribution in [0.25, 0.3) is 0 Å². The molecule has 0 saturated heterocycles. The summed E-state index contributed by atoms with van der Waals surface area (Å²) in [7, 11) is 0. The van der Waals surface area contributed by atoms with Crippen molar-refractivity contribution < 1.29 is 5.11 Å². The van der Waals surface area contributed by atoms with Crippen molar-refractivity contribution in [3.8, 4) is 0 Å². The molecule has 1 nitrogen and oxygen atoms in total. The lowest BCUT2D eigenvalue weighted by atomic mass is 10.1. The maximum Gasteiger partial charge on any atom is 0.0431 e. The van der Waals surface area contributed by atoms with E-state index in [-0.39, 0.29) is 0 Å². The highest BCUT2D eigenvalue weighted by Crippen LogP contribution is 2.07. The summed E-state index contributed by atoms with van der Waals surface area (Å²) in [6, 6.07) is 0. The van der Waals surface area contributed by atoms with Crippen molar-refractivity contribution in [2.45, 2.75) is 104 Å². The first-order valence-corrected chi connectivity index (χ1v) is 8.44. The SMILES string of the molecule is CCCCCCCCCC.CCCCCCCO. The molecule has 0 fully saturated rings. The van der Waals surface area contributed by atoms with Gasteiger partial charge >= 0.3 is 0 Å². The summed E-state index contributed by atoms with van der Waals surface area (Å²) in [6.45, 7) is 7.10. The van der Waals surface area contributed by atoms with Crippen LogP contribution >= 0.6 is 0 Å². The standard InChI is InChI=1S/C10H22.C7H16O/c1-3-5-7-9-10-8-6-4-2;1-2-3-4-5-6-7-8/h3-10H2,1-2H3;8H,2-7H2,1H3. The Kier molecular flexibility index (Phi) is 25.0. The molecule has 0 saturated carbocycles. The third kappa shape index (κ3) is 25.0. The molecule has 0 aliphatic heterocycles. The predicted octanol–water partition coefficient (Wildman–Crippen LogP) is 6.10. The highest BCUT2D eigenvalue weighted by atomic mass is 16.2. The summed E-state index contributed by atoms with van der Waals surface area (Å²) in [4.78, 5) is 0. The van der Waals surface area contributed by atoms with Gasteiger partial charge in [0.2, 0.25) is 0 Å². The Morgan fingerprint density at radius 2 is 0.722 bits per heavy atom. The van der Waals surface area contributed by atoms with E-state index < -0.39 is 0 Å². The van der Waals surface area contributed by atoms with Gasteiger partial charge in [0.1, 0.15) is 0 Å². The van der Waals surface area contributed by atoms with Gasteiger partial charge in [-0.3, -0.25) is 0 Å². The van der Waals surface area contributed by atoms with Gasteiger partial charge in [0.15, 0.2) is 0 Å². The fourth-order valence-electron chi connectivity index (χ4n) is 1.92. The molecule has 112 valence electrons. The van der Waals surface area contributed by atoms with Gasteiger partial charge in [-0.05, 0) is 6.42 Å². The van der Waals surface area contributed by atoms with Crippen molar-refractivity contribution in [2.24, 2.45) is 0 Å². The normalized spacial score (nSPS) is 10.0. The molecule has 0 unspecified atom stereocenters. The van der Waals surface area contributed by atoms with Crippen molar-refractivity contribution in [1.82, 2.24) is 0 Å². The van der Waals surface area contributed by atoms with Crippen molar-refractivity contribution in [3.05, 3.63) is 0 Å². The van der Waals surface area contributed by atoms with Gasteiger partial charge in [-0.25, -0.2) is 0 Å². The fraction of sp³-hybridized carbons (Fsp3) is 1.00. The zero-order valence-corrected chi connectivity index (χ0v) is 13.3. The topological polar surface area (TPSA) is 20.2 Å². The van der Waals surface area contributed by atoms with E-state index in [4.69, 9.17) is 5.11 Å². The van der Waals surface area contributed by atoms with Crippen molar-refractivity contribution in [1.29, 1.82) is 0 Å². The van der Waals surface area contributed by atoms with Gasteiger partial charge in [0.05, 0.1) is 0 Å². The molecule has 0 heterocycles. The molecule has 0 atom stereocenters. The van der Waals surface area contributed by atoms with E-state index in [1.807, 2.05) is 0 Å². The van der Waals surface area contributed by atoms with E-state index >= 15 is 0 Å². The van der Waals surface area contributed by atoms with Crippen LogP contribution in [0.1, 0.15) is 104 Å². The molecule has 0 aliphatic rings. The van der Waals surface area contributed by atoms with Gasteiger partial charge < -0.3 is 5.11 Å². The molecule has 0 amide bonds. The second kappa shape index (κ2) is 22.2. The van der Waals surface area contributed by atoms with E-state index in [0.29, 0.717) is 6.61 Å². The zero-order chi connectivity index (χ0) is 13.9. The molecule has 0 aromatic carbocycles. The van der Waals surface area contributed by atoms with Gasteiger partial charge in [-0.15, -0.1) is 0 Å². The molecule has 1 N–H and O–H groups in total. The number of aliphatic hydroxyl groups excluding tert-OH is 1. The third-order valence-corrected chi connectivity index (χ3v) is 3.22. The van der Waals surface area contributed by atoms with Crippen LogP contribution in [0.3, 0.4) is 0 Å². The number of aliphatic hydroxyl groups is 1. The summed E-state index contributed by atoms with van der Waals surface area (Å²) >= 11 is 0. The van der Waals surface area contributed by atoms with Crippen LogP contribution in [0, 0.1) is 0 Å². The van der Waals surface area contributed by atoms with Crippen LogP contribution in [-0.4, -0.2) is 11.7 Å². The minimum atomic E-state index is 0.365. The van der Waals surface area contributed by atoms with E-state index in [9.17, 15) is 0 Å². The minimum absolute atomic E-state index is 0.365. The molecule has 18 heavy (non-hydrogen) atoms. The first-order valence-electron chi connectivity index (χ1n) is 8.44. The smallest absolute Gasteiger partial charge is 0.0431 e. The van der Waals surface area contributed by atoms with Gasteiger partial charge in [0, 0.05) is 6.61 Å². The van der Waals surface area contributed by atoms with Crippen LogP contribution in [-0.2, 0) is 0 Å². The number of unbranched alkanes of at least 4 members (excludes halogenated alkanes) is 11. The summed E-state index contributed by atoms with van der Waals surface area (Å²) in [5, 5.41) is 8.37. The lowest BCUT2D eigenvalue weighted by Gasteiger charge is -1.97. The summed E-state index contributed by atoms with van der Waals surface area (Å²) < 4.78 is 0. The van der Waals surface area contributed by atoms with Crippen LogP contribution in [0.5, 0.6) is 0 Å². The molecule has 0 aromatic rings. The van der Waals surface area contributed by atoms with E-state index in [1.165, 1.54) is 77.0 Å². The Morgan fingerprint density at radius 1 is 0.444 bits per heavy atom. The lowest BCUT2D eigenvalue weighted by Crippen LogP contribution is -1.81. The summed E-state index contributed by atoms with van der Waals surface area (Å²) in [6.07, 6.45) is 17.5. The van der Waals surface area contributed by atoms with Gasteiger partial charge in [-0.2, -0.15) is 0 Å². The van der Waals surface area contributed by atoms with Crippen molar-refractivity contribution >= 4 is 0 Å². The summed E-state index contributed by atoms with van der Waals surface area (Å²) in [5.41, 5.74) is 0. The van der Waals surface area contributed by atoms with Crippen molar-refractivity contribution in [3.63, 3.8) is 0 Å². The van der Waals surface area contributed by atoms with E-state index in [1.54, 1.807) is 0 Å². The maximum atomic E-state index is 8.37. The first-order chi connectivity index (χ1) is 8.83. The number of rotatable bonds is 12. The maximum absolute atomic E-state index is 8.37. The van der Waals surface area contributed by atoms with Crippen LogP contribution < -0.4 is 0 Å². The van der Waals surface area contributed by atoms with Crippen LogP contribution in [0.4, 0.5) is 0 Å². The van der Waals surface area contributed by atoms with Crippen LogP contribution in [0.2, 0.25) is 0 Å². The Morgan fingerprint density at radius 3 is 1.00 bits per heavy atom. The Hall–Kier alpha value is -0.0400. The van der Waals surface area contributed by atoms with Gasteiger partial charge in [0.25, 0.3) is 0 Å². The average molecular weight is 258 g/mol. The predicted molar refractivity (Wildman–Crippen MR) is 84.1 cm³/mol. The molecule has 0 aromatic heterocycles. The molecule has 0 rings (SSSR count). The Balaban J connectivity index is 0.